The fraction of sp³-hybridized carbons (Fsp3) is 0.273. The summed E-state index contributed by atoms with van der Waals surface area (Å²) in [5.74, 6) is -4.39. The maximum atomic E-state index is 13.5. The van der Waals surface area contributed by atoms with Crippen molar-refractivity contribution in [2.24, 2.45) is 0 Å². The van der Waals surface area contributed by atoms with Gasteiger partial charge in [0, 0.05) is 35.0 Å². The largest absolute Gasteiger partial charge is 0.343 e. The van der Waals surface area contributed by atoms with E-state index in [1.807, 2.05) is 19.1 Å². The molecule has 160 valence electrons. The van der Waals surface area contributed by atoms with Gasteiger partial charge in [-0.05, 0) is 42.3 Å². The molecule has 1 aromatic carbocycles. The predicted molar refractivity (Wildman–Crippen MR) is 112 cm³/mol. The number of amides is 2. The third kappa shape index (κ3) is 5.44. The van der Waals surface area contributed by atoms with E-state index in [0.717, 1.165) is 16.0 Å². The monoisotopic (exact) mass is 444 g/mol. The zero-order chi connectivity index (χ0) is 22.6. The van der Waals surface area contributed by atoms with Crippen LogP contribution in [0.3, 0.4) is 0 Å². The fourth-order valence-electron chi connectivity index (χ4n) is 3.30. The second kappa shape index (κ2) is 9.23. The Labute approximate surface area is 183 Å². The second-order valence-corrected chi connectivity index (χ2v) is 7.64. The predicted octanol–water partition coefficient (Wildman–Crippen LogP) is 3.79. The number of rotatable bonds is 5. The third-order valence-electron chi connectivity index (χ3n) is 4.91. The summed E-state index contributed by atoms with van der Waals surface area (Å²) in [4.78, 5) is 29.8. The standard InChI is InChI=1S/C22H19ClF2N4O2/c1-14(15-2-4-17(23)5-3-15)8-16-11-27-7-6-19(16)21(31)28-12-20(30)29-13-22(24,25)9-18(29)10-26/h2-8,11,18H,9,12-13H2,1H3,(H,28,31)/b14-8+. The van der Waals surface area contributed by atoms with Gasteiger partial charge in [-0.3, -0.25) is 14.6 Å². The lowest BCUT2D eigenvalue weighted by atomic mass is 10.0. The molecule has 1 aliphatic rings. The molecule has 1 fully saturated rings. The van der Waals surface area contributed by atoms with Crippen molar-refractivity contribution in [3.05, 3.63) is 64.4 Å². The van der Waals surface area contributed by atoms with Crippen LogP contribution < -0.4 is 5.32 Å². The Kier molecular flexibility index (Phi) is 6.66. The lowest BCUT2D eigenvalue weighted by molar-refractivity contribution is -0.131. The van der Waals surface area contributed by atoms with Crippen molar-refractivity contribution in [1.82, 2.24) is 15.2 Å². The van der Waals surface area contributed by atoms with Crippen LogP contribution in [0.4, 0.5) is 8.78 Å². The molecule has 0 bridgehead atoms. The molecule has 3 rings (SSSR count). The normalized spacial score (nSPS) is 17.8. The van der Waals surface area contributed by atoms with Gasteiger partial charge in [-0.25, -0.2) is 8.78 Å². The molecule has 0 radical (unpaired) electrons. The first kappa shape index (κ1) is 22.4. The fourth-order valence-corrected chi connectivity index (χ4v) is 3.43. The number of alkyl halides is 2. The van der Waals surface area contributed by atoms with Crippen LogP contribution >= 0.6 is 11.6 Å². The van der Waals surface area contributed by atoms with Crippen molar-refractivity contribution in [1.29, 1.82) is 5.26 Å². The first-order valence-corrected chi connectivity index (χ1v) is 9.81. The van der Waals surface area contributed by atoms with Gasteiger partial charge in [0.05, 0.1) is 19.2 Å². The molecule has 2 amide bonds. The maximum absolute atomic E-state index is 13.5. The second-order valence-electron chi connectivity index (χ2n) is 7.21. The number of halogens is 3. The number of nitrogens with zero attached hydrogens (tertiary/aromatic N) is 3. The summed E-state index contributed by atoms with van der Waals surface area (Å²) in [6.07, 6.45) is 4.04. The van der Waals surface area contributed by atoms with E-state index >= 15 is 0 Å². The molecule has 31 heavy (non-hydrogen) atoms. The molecular weight excluding hydrogens is 426 g/mol. The van der Waals surface area contributed by atoms with Crippen LogP contribution in [0.5, 0.6) is 0 Å². The summed E-state index contributed by atoms with van der Waals surface area (Å²) in [5, 5.41) is 12.1. The van der Waals surface area contributed by atoms with Gasteiger partial charge in [0.15, 0.2) is 0 Å². The first-order valence-electron chi connectivity index (χ1n) is 9.43. The van der Waals surface area contributed by atoms with Crippen LogP contribution in [0.1, 0.15) is 34.8 Å². The molecule has 6 nitrogen and oxygen atoms in total. The molecule has 2 aromatic rings. The van der Waals surface area contributed by atoms with E-state index in [1.165, 1.54) is 18.5 Å². The van der Waals surface area contributed by atoms with Crippen molar-refractivity contribution in [3.63, 3.8) is 0 Å². The van der Waals surface area contributed by atoms with E-state index in [0.29, 0.717) is 10.6 Å². The van der Waals surface area contributed by atoms with Gasteiger partial charge in [-0.1, -0.05) is 23.7 Å². The number of benzene rings is 1. The summed E-state index contributed by atoms with van der Waals surface area (Å²) in [5.41, 5.74) is 2.58. The van der Waals surface area contributed by atoms with E-state index in [9.17, 15) is 18.4 Å². The molecule has 1 N–H and O–H groups in total. The van der Waals surface area contributed by atoms with Crippen LogP contribution in [0.2, 0.25) is 5.02 Å². The molecule has 1 aromatic heterocycles. The number of carbonyl (C=O) groups excluding carboxylic acids is 2. The molecule has 2 heterocycles. The number of hydrogen-bond acceptors (Lipinski definition) is 4. The highest BCUT2D eigenvalue weighted by Crippen LogP contribution is 2.31. The molecule has 0 saturated carbocycles. The van der Waals surface area contributed by atoms with E-state index in [4.69, 9.17) is 16.9 Å². The Balaban J connectivity index is 1.72. The molecule has 1 saturated heterocycles. The lowest BCUT2D eigenvalue weighted by Crippen LogP contribution is -2.43. The van der Waals surface area contributed by atoms with Crippen molar-refractivity contribution in [2.45, 2.75) is 25.3 Å². The summed E-state index contributed by atoms with van der Waals surface area (Å²) >= 11 is 5.91. The minimum Gasteiger partial charge on any atom is -0.343 e. The SMILES string of the molecule is C/C(=C\c1cnccc1C(=O)NCC(=O)N1CC(F)(F)CC1C#N)c1ccc(Cl)cc1. The van der Waals surface area contributed by atoms with E-state index < -0.39 is 43.3 Å². The summed E-state index contributed by atoms with van der Waals surface area (Å²) in [6.45, 7) is 0.551. The molecule has 9 heteroatoms. The van der Waals surface area contributed by atoms with Crippen molar-refractivity contribution < 1.29 is 18.4 Å². The Morgan fingerprint density at radius 2 is 2.06 bits per heavy atom. The molecule has 1 aliphatic heterocycles. The highest BCUT2D eigenvalue weighted by atomic mass is 35.5. The lowest BCUT2D eigenvalue weighted by Gasteiger charge is -2.19. The first-order chi connectivity index (χ1) is 14.7. The van der Waals surface area contributed by atoms with Crippen LogP contribution in [0, 0.1) is 11.3 Å². The van der Waals surface area contributed by atoms with Crippen LogP contribution in [0.25, 0.3) is 11.6 Å². The van der Waals surface area contributed by atoms with Crippen molar-refractivity contribution >= 4 is 35.1 Å². The summed E-state index contributed by atoms with van der Waals surface area (Å²) in [6, 6.07) is 9.21. The number of hydrogen-bond donors (Lipinski definition) is 1. The van der Waals surface area contributed by atoms with E-state index in [-0.39, 0.29) is 5.56 Å². The summed E-state index contributed by atoms with van der Waals surface area (Å²) < 4.78 is 27.1. The number of nitrogens with one attached hydrogen (secondary N) is 1. The highest BCUT2D eigenvalue weighted by Gasteiger charge is 2.47. The minimum atomic E-state index is -3.11. The van der Waals surface area contributed by atoms with Crippen molar-refractivity contribution in [3.8, 4) is 6.07 Å². The van der Waals surface area contributed by atoms with Gasteiger partial charge in [0.2, 0.25) is 5.91 Å². The Bertz CT molecular complexity index is 1060. The van der Waals surface area contributed by atoms with Gasteiger partial charge in [0.1, 0.15) is 6.04 Å². The smallest absolute Gasteiger partial charge is 0.268 e. The van der Waals surface area contributed by atoms with Gasteiger partial charge in [-0.15, -0.1) is 0 Å². The van der Waals surface area contributed by atoms with Crippen LogP contribution in [0.15, 0.2) is 42.7 Å². The quantitative estimate of drug-likeness (QED) is 0.760. The number of likely N-dealkylation sites (tertiary alicyclic amines) is 1. The average molecular weight is 445 g/mol. The Morgan fingerprint density at radius 1 is 1.35 bits per heavy atom. The Hall–Kier alpha value is -3.31. The molecule has 1 unspecified atom stereocenters. The van der Waals surface area contributed by atoms with Crippen LogP contribution in [-0.2, 0) is 4.79 Å². The average Bonchev–Trinajstić information content (AvgIpc) is 3.07. The summed E-state index contributed by atoms with van der Waals surface area (Å²) in [7, 11) is 0. The topological polar surface area (TPSA) is 86.1 Å². The molecule has 1 atom stereocenters. The van der Waals surface area contributed by atoms with Gasteiger partial charge < -0.3 is 10.2 Å². The van der Waals surface area contributed by atoms with Crippen molar-refractivity contribution in [2.75, 3.05) is 13.1 Å². The minimum absolute atomic E-state index is 0.277. The number of nitriles is 1. The molecule has 0 spiro atoms. The Morgan fingerprint density at radius 3 is 2.74 bits per heavy atom. The highest BCUT2D eigenvalue weighted by molar-refractivity contribution is 6.30. The van der Waals surface area contributed by atoms with E-state index in [1.54, 1.807) is 24.3 Å². The third-order valence-corrected chi connectivity index (χ3v) is 5.16. The van der Waals surface area contributed by atoms with E-state index in [2.05, 4.69) is 10.3 Å². The zero-order valence-electron chi connectivity index (χ0n) is 16.6. The van der Waals surface area contributed by atoms with Gasteiger partial charge in [-0.2, -0.15) is 5.26 Å². The zero-order valence-corrected chi connectivity index (χ0v) is 17.4. The molecule has 0 aliphatic carbocycles. The van der Waals surface area contributed by atoms with Gasteiger partial charge in [0.25, 0.3) is 11.8 Å². The number of allylic oxidation sites excluding steroid dienone is 1. The molecular formula is C22H19ClF2N4O2. The maximum Gasteiger partial charge on any atom is 0.268 e. The number of carbonyl (C=O) groups is 2. The van der Waals surface area contributed by atoms with Gasteiger partial charge >= 0.3 is 0 Å². The number of pyridine rings is 1. The van der Waals surface area contributed by atoms with Crippen LogP contribution in [-0.4, -0.2) is 46.8 Å². The number of aromatic nitrogens is 1.